The van der Waals surface area contributed by atoms with Crippen LogP contribution in [0.1, 0.15) is 37.8 Å². The summed E-state index contributed by atoms with van der Waals surface area (Å²) >= 11 is 0. The molecular formula is C17H25NO2. The summed E-state index contributed by atoms with van der Waals surface area (Å²) in [4.78, 5) is 11.8. The second-order valence-electron chi connectivity index (χ2n) is 5.96. The first-order valence-electron chi connectivity index (χ1n) is 7.06. The van der Waals surface area contributed by atoms with Crippen molar-refractivity contribution in [2.75, 3.05) is 13.2 Å². The summed E-state index contributed by atoms with van der Waals surface area (Å²) in [5.74, 6) is -0.0800. The number of aryl methyl sites for hydroxylation is 1. The summed E-state index contributed by atoms with van der Waals surface area (Å²) < 4.78 is 0. The van der Waals surface area contributed by atoms with Crippen LogP contribution in [0.15, 0.2) is 30.3 Å². The largest absolute Gasteiger partial charge is 0.396 e. The molecule has 0 radical (unpaired) electrons. The highest BCUT2D eigenvalue weighted by molar-refractivity contribution is 5.91. The van der Waals surface area contributed by atoms with Gasteiger partial charge in [-0.3, -0.25) is 4.79 Å². The highest BCUT2D eigenvalue weighted by Gasteiger charge is 2.17. The maximum Gasteiger partial charge on any atom is 0.244 e. The van der Waals surface area contributed by atoms with Gasteiger partial charge in [0.1, 0.15) is 0 Å². The number of rotatable bonds is 7. The average molecular weight is 275 g/mol. The van der Waals surface area contributed by atoms with Gasteiger partial charge in [-0.15, -0.1) is 0 Å². The maximum absolute atomic E-state index is 11.8. The van der Waals surface area contributed by atoms with Gasteiger partial charge in [-0.1, -0.05) is 43.7 Å². The first-order chi connectivity index (χ1) is 9.43. The van der Waals surface area contributed by atoms with Crippen molar-refractivity contribution in [3.8, 4) is 0 Å². The second-order valence-corrected chi connectivity index (χ2v) is 5.96. The Balaban J connectivity index is 2.44. The summed E-state index contributed by atoms with van der Waals surface area (Å²) in [6.45, 7) is 7.02. The molecule has 0 spiro atoms. The zero-order valence-corrected chi connectivity index (χ0v) is 12.6. The predicted molar refractivity (Wildman–Crippen MR) is 83.3 cm³/mol. The number of amides is 1. The molecule has 0 saturated heterocycles. The van der Waals surface area contributed by atoms with E-state index in [1.54, 1.807) is 6.08 Å². The minimum absolute atomic E-state index is 0.00949. The number of nitrogens with one attached hydrogen (secondary N) is 1. The minimum atomic E-state index is -0.0800. The molecule has 0 heterocycles. The molecule has 0 aliphatic rings. The van der Waals surface area contributed by atoms with Gasteiger partial charge in [-0.2, -0.15) is 0 Å². The van der Waals surface area contributed by atoms with Gasteiger partial charge in [0.25, 0.3) is 0 Å². The van der Waals surface area contributed by atoms with Crippen LogP contribution in [-0.2, 0) is 4.79 Å². The van der Waals surface area contributed by atoms with Gasteiger partial charge in [-0.05, 0) is 36.8 Å². The van der Waals surface area contributed by atoms with E-state index in [1.165, 1.54) is 5.56 Å². The molecule has 3 heteroatoms. The zero-order valence-electron chi connectivity index (χ0n) is 12.6. The Morgan fingerprint density at radius 2 is 2.15 bits per heavy atom. The van der Waals surface area contributed by atoms with E-state index in [1.807, 2.05) is 37.3 Å². The molecule has 1 rings (SSSR count). The first-order valence-corrected chi connectivity index (χ1v) is 7.06. The Kier molecular flexibility index (Phi) is 6.46. The zero-order chi connectivity index (χ0) is 15.0. The number of aliphatic hydroxyl groups is 1. The Morgan fingerprint density at radius 1 is 1.40 bits per heavy atom. The first kappa shape index (κ1) is 16.4. The van der Waals surface area contributed by atoms with E-state index < -0.39 is 0 Å². The van der Waals surface area contributed by atoms with Gasteiger partial charge < -0.3 is 10.4 Å². The lowest BCUT2D eigenvalue weighted by atomic mass is 9.88. The third kappa shape index (κ3) is 6.53. The minimum Gasteiger partial charge on any atom is -0.396 e. The molecule has 0 unspecified atom stereocenters. The highest BCUT2D eigenvalue weighted by atomic mass is 16.2. The van der Waals surface area contributed by atoms with Crippen molar-refractivity contribution in [3.63, 3.8) is 0 Å². The van der Waals surface area contributed by atoms with Gasteiger partial charge >= 0.3 is 0 Å². The molecule has 20 heavy (non-hydrogen) atoms. The van der Waals surface area contributed by atoms with Crippen LogP contribution < -0.4 is 5.32 Å². The molecular weight excluding hydrogens is 250 g/mol. The highest BCUT2D eigenvalue weighted by Crippen LogP contribution is 2.20. The molecule has 0 aliphatic heterocycles. The van der Waals surface area contributed by atoms with Gasteiger partial charge in [-0.25, -0.2) is 0 Å². The van der Waals surface area contributed by atoms with Gasteiger partial charge in [0.15, 0.2) is 0 Å². The summed E-state index contributed by atoms with van der Waals surface area (Å²) in [5, 5.41) is 11.8. The van der Waals surface area contributed by atoms with Crippen LogP contribution in [-0.4, -0.2) is 24.2 Å². The van der Waals surface area contributed by atoms with Crippen molar-refractivity contribution < 1.29 is 9.90 Å². The Hall–Kier alpha value is -1.61. The molecule has 0 aromatic heterocycles. The molecule has 110 valence electrons. The van der Waals surface area contributed by atoms with E-state index in [4.69, 9.17) is 5.11 Å². The number of carbonyl (C=O) groups is 1. The lowest BCUT2D eigenvalue weighted by molar-refractivity contribution is -0.116. The topological polar surface area (TPSA) is 49.3 Å². The van der Waals surface area contributed by atoms with E-state index in [2.05, 4.69) is 19.2 Å². The summed E-state index contributed by atoms with van der Waals surface area (Å²) in [5.41, 5.74) is 2.22. The molecule has 0 atom stereocenters. The van der Waals surface area contributed by atoms with Crippen LogP contribution in [0.5, 0.6) is 0 Å². The van der Waals surface area contributed by atoms with Crippen molar-refractivity contribution in [1.29, 1.82) is 0 Å². The third-order valence-corrected chi connectivity index (χ3v) is 3.22. The average Bonchev–Trinajstić information content (AvgIpc) is 2.41. The second kappa shape index (κ2) is 7.85. The van der Waals surface area contributed by atoms with E-state index in [0.717, 1.165) is 18.4 Å². The quantitative estimate of drug-likeness (QED) is 0.752. The Labute approximate surface area is 121 Å². The monoisotopic (exact) mass is 275 g/mol. The maximum atomic E-state index is 11.8. The van der Waals surface area contributed by atoms with E-state index in [9.17, 15) is 4.79 Å². The van der Waals surface area contributed by atoms with Crippen LogP contribution in [0.25, 0.3) is 6.08 Å². The third-order valence-electron chi connectivity index (χ3n) is 3.22. The lowest BCUT2D eigenvalue weighted by Crippen LogP contribution is -2.33. The van der Waals surface area contributed by atoms with Crippen LogP contribution in [0.4, 0.5) is 0 Å². The van der Waals surface area contributed by atoms with Gasteiger partial charge in [0.2, 0.25) is 5.91 Å². The van der Waals surface area contributed by atoms with Crippen molar-refractivity contribution in [1.82, 2.24) is 5.32 Å². The molecule has 0 bridgehead atoms. The van der Waals surface area contributed by atoms with E-state index >= 15 is 0 Å². The lowest BCUT2D eigenvalue weighted by Gasteiger charge is -2.24. The fraction of sp³-hybridized carbons (Fsp3) is 0.471. The van der Waals surface area contributed by atoms with Crippen LogP contribution in [0, 0.1) is 12.3 Å². The summed E-state index contributed by atoms with van der Waals surface area (Å²) in [7, 11) is 0. The number of hydrogen-bond donors (Lipinski definition) is 2. The normalized spacial score (nSPS) is 11.8. The van der Waals surface area contributed by atoms with Gasteiger partial charge in [0.05, 0.1) is 0 Å². The molecule has 0 fully saturated rings. The van der Waals surface area contributed by atoms with Crippen LogP contribution in [0.3, 0.4) is 0 Å². The molecule has 1 aromatic carbocycles. The summed E-state index contributed by atoms with van der Waals surface area (Å²) in [6.07, 6.45) is 5.05. The smallest absolute Gasteiger partial charge is 0.244 e. The number of hydrogen-bond acceptors (Lipinski definition) is 2. The predicted octanol–water partition coefficient (Wildman–Crippen LogP) is 2.92. The fourth-order valence-corrected chi connectivity index (χ4v) is 1.98. The van der Waals surface area contributed by atoms with Crippen molar-refractivity contribution in [2.24, 2.45) is 5.41 Å². The molecule has 1 amide bonds. The summed E-state index contributed by atoms with van der Waals surface area (Å²) in [6, 6.07) is 8.02. The molecule has 1 aromatic rings. The van der Waals surface area contributed by atoms with Crippen LogP contribution in [0.2, 0.25) is 0 Å². The Bertz CT molecular complexity index is 464. The van der Waals surface area contributed by atoms with E-state index in [0.29, 0.717) is 6.54 Å². The van der Waals surface area contributed by atoms with Crippen molar-refractivity contribution in [3.05, 3.63) is 41.5 Å². The van der Waals surface area contributed by atoms with Gasteiger partial charge in [0, 0.05) is 19.2 Å². The van der Waals surface area contributed by atoms with Crippen LogP contribution >= 0.6 is 0 Å². The number of aliphatic hydroxyl groups excluding tert-OH is 1. The SMILES string of the molecule is Cc1cccc(/C=C/C(=O)NCC(C)(C)CCCO)c1. The number of carbonyl (C=O) groups excluding carboxylic acids is 1. The molecule has 0 saturated carbocycles. The molecule has 3 nitrogen and oxygen atoms in total. The Morgan fingerprint density at radius 3 is 2.80 bits per heavy atom. The molecule has 2 N–H and O–H groups in total. The van der Waals surface area contributed by atoms with Crippen molar-refractivity contribution >= 4 is 12.0 Å². The van der Waals surface area contributed by atoms with E-state index in [-0.39, 0.29) is 17.9 Å². The molecule has 0 aliphatic carbocycles. The number of benzene rings is 1. The fourth-order valence-electron chi connectivity index (χ4n) is 1.98. The van der Waals surface area contributed by atoms with Crippen molar-refractivity contribution in [2.45, 2.75) is 33.6 Å². The standard InChI is InChI=1S/C17H25NO2/c1-14-6-4-7-15(12-14)8-9-16(20)18-13-17(2,3)10-5-11-19/h4,6-9,12,19H,5,10-11,13H2,1-3H3,(H,18,20)/b9-8+.